The summed E-state index contributed by atoms with van der Waals surface area (Å²) in [6, 6.07) is 3.73. The molecule has 0 aliphatic carbocycles. The maximum Gasteiger partial charge on any atom is 0.253 e. The molecular formula is C14H22N2O2. The van der Waals surface area contributed by atoms with Crippen molar-refractivity contribution in [1.82, 2.24) is 10.3 Å². The summed E-state index contributed by atoms with van der Waals surface area (Å²) in [6.45, 7) is 4.38. The van der Waals surface area contributed by atoms with E-state index in [4.69, 9.17) is 0 Å². The van der Waals surface area contributed by atoms with E-state index in [0.717, 1.165) is 31.4 Å². The zero-order chi connectivity index (χ0) is 13.4. The summed E-state index contributed by atoms with van der Waals surface area (Å²) in [5.74, 6) is -0.00744. The number of hydrogen-bond donors (Lipinski definition) is 2. The largest absolute Gasteiger partial charge is 0.352 e. The second-order valence-electron chi connectivity index (χ2n) is 4.47. The van der Waals surface area contributed by atoms with E-state index in [0.29, 0.717) is 18.5 Å². The Morgan fingerprint density at radius 1 is 1.28 bits per heavy atom. The highest BCUT2D eigenvalue weighted by Crippen LogP contribution is 2.01. The van der Waals surface area contributed by atoms with Crippen molar-refractivity contribution in [2.24, 2.45) is 0 Å². The molecule has 1 heterocycles. The van der Waals surface area contributed by atoms with E-state index >= 15 is 0 Å². The minimum Gasteiger partial charge on any atom is -0.352 e. The number of rotatable bonds is 7. The van der Waals surface area contributed by atoms with E-state index in [-0.39, 0.29) is 11.5 Å². The van der Waals surface area contributed by atoms with Gasteiger partial charge in [0.1, 0.15) is 0 Å². The highest BCUT2D eigenvalue weighted by molar-refractivity contribution is 5.75. The molecule has 0 saturated heterocycles. The van der Waals surface area contributed by atoms with Gasteiger partial charge in [-0.2, -0.15) is 0 Å². The first-order valence-electron chi connectivity index (χ1n) is 6.65. The van der Waals surface area contributed by atoms with Crippen molar-refractivity contribution in [3.63, 3.8) is 0 Å². The minimum atomic E-state index is -0.0969. The molecule has 0 spiro atoms. The standard InChI is InChI=1S/C14H22N2O2/c1-3-5-7-12-9-8-11(14(18)16-12)10-15-13(17)6-4-2/h8-9H,3-7,10H2,1-2H3,(H,15,17)(H,16,18). The smallest absolute Gasteiger partial charge is 0.253 e. The Morgan fingerprint density at radius 2 is 2.06 bits per heavy atom. The van der Waals surface area contributed by atoms with Gasteiger partial charge in [0.25, 0.3) is 5.56 Å². The Balaban J connectivity index is 2.57. The third-order valence-electron chi connectivity index (χ3n) is 2.80. The summed E-state index contributed by atoms with van der Waals surface area (Å²) < 4.78 is 0. The predicted molar refractivity (Wildman–Crippen MR) is 72.4 cm³/mol. The summed E-state index contributed by atoms with van der Waals surface area (Å²) in [5.41, 5.74) is 1.48. The van der Waals surface area contributed by atoms with Crippen molar-refractivity contribution < 1.29 is 4.79 Å². The Hall–Kier alpha value is -1.58. The number of pyridine rings is 1. The van der Waals surface area contributed by atoms with Crippen LogP contribution >= 0.6 is 0 Å². The maximum absolute atomic E-state index is 11.8. The van der Waals surface area contributed by atoms with Crippen molar-refractivity contribution in [2.45, 2.75) is 52.5 Å². The average molecular weight is 250 g/mol. The van der Waals surface area contributed by atoms with Crippen LogP contribution < -0.4 is 10.9 Å². The Kier molecular flexibility index (Phi) is 6.19. The molecule has 4 heteroatoms. The highest BCUT2D eigenvalue weighted by Gasteiger charge is 2.03. The van der Waals surface area contributed by atoms with Gasteiger partial charge < -0.3 is 10.3 Å². The summed E-state index contributed by atoms with van der Waals surface area (Å²) in [6.07, 6.45) is 4.40. The van der Waals surface area contributed by atoms with Crippen LogP contribution in [-0.2, 0) is 17.8 Å². The number of aromatic amines is 1. The molecule has 1 rings (SSSR count). The van der Waals surface area contributed by atoms with Crippen molar-refractivity contribution >= 4 is 5.91 Å². The molecule has 0 unspecified atom stereocenters. The summed E-state index contributed by atoms with van der Waals surface area (Å²) in [4.78, 5) is 25.9. The molecule has 0 aromatic carbocycles. The maximum atomic E-state index is 11.8. The molecule has 0 radical (unpaired) electrons. The van der Waals surface area contributed by atoms with E-state index < -0.39 is 0 Å². The second-order valence-corrected chi connectivity index (χ2v) is 4.47. The van der Waals surface area contributed by atoms with E-state index in [1.54, 1.807) is 6.07 Å². The van der Waals surface area contributed by atoms with Gasteiger partial charge in [0.2, 0.25) is 5.91 Å². The molecule has 4 nitrogen and oxygen atoms in total. The number of aryl methyl sites for hydroxylation is 1. The highest BCUT2D eigenvalue weighted by atomic mass is 16.1. The normalized spacial score (nSPS) is 10.3. The van der Waals surface area contributed by atoms with Crippen LogP contribution in [0.2, 0.25) is 0 Å². The van der Waals surface area contributed by atoms with Crippen LogP contribution in [0.4, 0.5) is 0 Å². The van der Waals surface area contributed by atoms with E-state index in [2.05, 4.69) is 17.2 Å². The van der Waals surface area contributed by atoms with Crippen LogP contribution in [0, 0.1) is 0 Å². The molecule has 2 N–H and O–H groups in total. The first-order valence-corrected chi connectivity index (χ1v) is 6.65. The van der Waals surface area contributed by atoms with Crippen LogP contribution in [0.5, 0.6) is 0 Å². The van der Waals surface area contributed by atoms with E-state index in [1.165, 1.54) is 0 Å². The zero-order valence-electron chi connectivity index (χ0n) is 11.2. The molecule has 100 valence electrons. The van der Waals surface area contributed by atoms with Gasteiger partial charge in [-0.3, -0.25) is 9.59 Å². The minimum absolute atomic E-state index is 0.00744. The molecule has 1 aromatic rings. The van der Waals surface area contributed by atoms with Gasteiger partial charge in [-0.05, 0) is 25.3 Å². The summed E-state index contributed by atoms with van der Waals surface area (Å²) in [7, 11) is 0. The topological polar surface area (TPSA) is 62.0 Å². The van der Waals surface area contributed by atoms with E-state index in [9.17, 15) is 9.59 Å². The number of hydrogen-bond acceptors (Lipinski definition) is 2. The fourth-order valence-corrected chi connectivity index (χ4v) is 1.71. The van der Waals surface area contributed by atoms with Crippen LogP contribution in [-0.4, -0.2) is 10.9 Å². The van der Waals surface area contributed by atoms with E-state index in [1.807, 2.05) is 13.0 Å². The Labute approximate surface area is 108 Å². The molecule has 0 aliphatic rings. The van der Waals surface area contributed by atoms with Crippen LogP contribution in [0.15, 0.2) is 16.9 Å². The van der Waals surface area contributed by atoms with Gasteiger partial charge in [-0.25, -0.2) is 0 Å². The number of H-pyrrole nitrogens is 1. The molecule has 0 bridgehead atoms. The number of unbranched alkanes of at least 4 members (excludes halogenated alkanes) is 1. The lowest BCUT2D eigenvalue weighted by atomic mass is 10.1. The molecule has 1 amide bonds. The Morgan fingerprint density at radius 3 is 2.67 bits per heavy atom. The molecule has 1 aromatic heterocycles. The third-order valence-corrected chi connectivity index (χ3v) is 2.80. The first kappa shape index (κ1) is 14.5. The fourth-order valence-electron chi connectivity index (χ4n) is 1.71. The first-order chi connectivity index (χ1) is 8.67. The molecule has 0 aliphatic heterocycles. The van der Waals surface area contributed by atoms with Crippen molar-refractivity contribution in [3.05, 3.63) is 33.7 Å². The zero-order valence-corrected chi connectivity index (χ0v) is 11.2. The molecule has 18 heavy (non-hydrogen) atoms. The quantitative estimate of drug-likeness (QED) is 0.778. The number of aromatic nitrogens is 1. The number of nitrogens with one attached hydrogen (secondary N) is 2. The fraction of sp³-hybridized carbons (Fsp3) is 0.571. The average Bonchev–Trinajstić information content (AvgIpc) is 2.35. The number of carbonyl (C=O) groups is 1. The van der Waals surface area contributed by atoms with Gasteiger partial charge >= 0.3 is 0 Å². The SMILES string of the molecule is CCCCc1ccc(CNC(=O)CCC)c(=O)[nH]1. The van der Waals surface area contributed by atoms with Gasteiger partial charge in [0.15, 0.2) is 0 Å². The lowest BCUT2D eigenvalue weighted by Crippen LogP contribution is -2.26. The molecule has 0 saturated carbocycles. The monoisotopic (exact) mass is 250 g/mol. The van der Waals surface area contributed by atoms with Gasteiger partial charge in [-0.15, -0.1) is 0 Å². The molecular weight excluding hydrogens is 228 g/mol. The van der Waals surface area contributed by atoms with Crippen molar-refractivity contribution in [2.75, 3.05) is 0 Å². The van der Waals surface area contributed by atoms with Gasteiger partial charge in [0, 0.05) is 24.2 Å². The van der Waals surface area contributed by atoms with Crippen LogP contribution in [0.3, 0.4) is 0 Å². The third kappa shape index (κ3) is 4.73. The van der Waals surface area contributed by atoms with Gasteiger partial charge in [0.05, 0.1) is 0 Å². The Bertz CT molecular complexity index is 438. The number of carbonyl (C=O) groups excluding carboxylic acids is 1. The van der Waals surface area contributed by atoms with Gasteiger partial charge in [-0.1, -0.05) is 26.3 Å². The lowest BCUT2D eigenvalue weighted by Gasteiger charge is -2.05. The number of amides is 1. The molecule has 0 atom stereocenters. The summed E-state index contributed by atoms with van der Waals surface area (Å²) in [5, 5.41) is 2.74. The predicted octanol–water partition coefficient (Wildman–Crippen LogP) is 2.13. The lowest BCUT2D eigenvalue weighted by molar-refractivity contribution is -0.121. The second kappa shape index (κ2) is 7.69. The van der Waals surface area contributed by atoms with Crippen molar-refractivity contribution in [1.29, 1.82) is 0 Å². The van der Waals surface area contributed by atoms with Crippen LogP contribution in [0.25, 0.3) is 0 Å². The van der Waals surface area contributed by atoms with Crippen LogP contribution in [0.1, 0.15) is 50.8 Å². The summed E-state index contributed by atoms with van der Waals surface area (Å²) >= 11 is 0. The molecule has 0 fully saturated rings. The van der Waals surface area contributed by atoms with Crippen molar-refractivity contribution in [3.8, 4) is 0 Å².